The fraction of sp³-hybridized carbons (Fsp3) is 0.643. The van der Waals surface area contributed by atoms with Crippen LogP contribution in [0.25, 0.3) is 0 Å². The summed E-state index contributed by atoms with van der Waals surface area (Å²) in [7, 11) is 0. The number of hydrogen-bond acceptors (Lipinski definition) is 3. The summed E-state index contributed by atoms with van der Waals surface area (Å²) in [5.74, 6) is 0.161. The molecule has 4 heteroatoms. The molecule has 0 saturated heterocycles. The summed E-state index contributed by atoms with van der Waals surface area (Å²) in [6, 6.07) is 2.34. The molecule has 1 saturated carbocycles. The zero-order chi connectivity index (χ0) is 13.0. The van der Waals surface area contributed by atoms with E-state index in [2.05, 4.69) is 29.1 Å². The van der Waals surface area contributed by atoms with Gasteiger partial charge in [-0.05, 0) is 48.6 Å². The molecule has 0 aliphatic heterocycles. The molecule has 3 unspecified atom stereocenters. The van der Waals surface area contributed by atoms with E-state index in [9.17, 15) is 4.79 Å². The van der Waals surface area contributed by atoms with Gasteiger partial charge in [0.15, 0.2) is 0 Å². The van der Waals surface area contributed by atoms with Crippen LogP contribution in [0.1, 0.15) is 38.2 Å². The van der Waals surface area contributed by atoms with Crippen molar-refractivity contribution in [3.05, 3.63) is 22.4 Å². The number of carbonyl (C=O) groups excluding carboxylic acids is 1. The second kappa shape index (κ2) is 6.34. The minimum Gasteiger partial charge on any atom is -0.353 e. The van der Waals surface area contributed by atoms with Crippen LogP contribution in [0.3, 0.4) is 0 Å². The molecule has 1 heterocycles. The van der Waals surface area contributed by atoms with E-state index in [1.807, 2.05) is 0 Å². The van der Waals surface area contributed by atoms with Gasteiger partial charge in [-0.25, -0.2) is 0 Å². The third-order valence-electron chi connectivity index (χ3n) is 3.67. The Morgan fingerprint density at radius 1 is 1.56 bits per heavy atom. The number of thiophene rings is 1. The molecule has 2 rings (SSSR count). The molecule has 1 aromatic rings. The van der Waals surface area contributed by atoms with Crippen molar-refractivity contribution >= 4 is 17.2 Å². The first-order chi connectivity index (χ1) is 8.66. The highest BCUT2D eigenvalue weighted by molar-refractivity contribution is 7.07. The smallest absolute Gasteiger partial charge is 0.224 e. The molecule has 1 aliphatic rings. The van der Waals surface area contributed by atoms with Gasteiger partial charge in [0.25, 0.3) is 0 Å². The second-order valence-corrected chi connectivity index (χ2v) is 6.08. The Morgan fingerprint density at radius 2 is 2.33 bits per heavy atom. The average Bonchev–Trinajstić information content (AvgIpc) is 2.82. The lowest BCUT2D eigenvalue weighted by atomic mass is 9.84. The number of nitrogens with one attached hydrogen (secondary N) is 1. The monoisotopic (exact) mass is 266 g/mol. The van der Waals surface area contributed by atoms with E-state index < -0.39 is 0 Å². The number of rotatable bonds is 4. The van der Waals surface area contributed by atoms with Crippen molar-refractivity contribution in [2.24, 2.45) is 11.7 Å². The first kappa shape index (κ1) is 13.6. The quantitative estimate of drug-likeness (QED) is 0.878. The average molecular weight is 266 g/mol. The van der Waals surface area contributed by atoms with Gasteiger partial charge >= 0.3 is 0 Å². The normalized spacial score (nSPS) is 25.7. The van der Waals surface area contributed by atoms with E-state index in [0.29, 0.717) is 0 Å². The lowest BCUT2D eigenvalue weighted by Crippen LogP contribution is -2.46. The van der Waals surface area contributed by atoms with Crippen molar-refractivity contribution in [1.29, 1.82) is 0 Å². The highest BCUT2D eigenvalue weighted by atomic mass is 32.1. The van der Waals surface area contributed by atoms with Gasteiger partial charge in [0.2, 0.25) is 5.91 Å². The summed E-state index contributed by atoms with van der Waals surface area (Å²) < 4.78 is 0. The number of nitrogens with two attached hydrogens (primary N) is 1. The van der Waals surface area contributed by atoms with Crippen LogP contribution in [0.2, 0.25) is 0 Å². The zero-order valence-corrected chi connectivity index (χ0v) is 11.7. The van der Waals surface area contributed by atoms with Crippen molar-refractivity contribution in [2.45, 2.75) is 51.1 Å². The summed E-state index contributed by atoms with van der Waals surface area (Å²) in [6.45, 7) is 2.06. The molecule has 18 heavy (non-hydrogen) atoms. The highest BCUT2D eigenvalue weighted by Crippen LogP contribution is 2.23. The van der Waals surface area contributed by atoms with E-state index in [-0.39, 0.29) is 23.9 Å². The van der Waals surface area contributed by atoms with Crippen LogP contribution in [0, 0.1) is 5.92 Å². The summed E-state index contributed by atoms with van der Waals surface area (Å²) >= 11 is 1.70. The summed E-state index contributed by atoms with van der Waals surface area (Å²) in [6.07, 6.45) is 5.12. The van der Waals surface area contributed by atoms with Crippen molar-refractivity contribution in [3.63, 3.8) is 0 Å². The van der Waals surface area contributed by atoms with E-state index in [0.717, 1.165) is 32.1 Å². The van der Waals surface area contributed by atoms with Crippen LogP contribution in [0.15, 0.2) is 16.8 Å². The standard InChI is InChI=1S/C14H22N2OS/c1-10(8-11-6-7-18-9-11)16-14(17)12-4-2-3-5-13(12)15/h6-7,9-10,12-13H,2-5,8,15H2,1H3,(H,16,17). The summed E-state index contributed by atoms with van der Waals surface area (Å²) in [4.78, 5) is 12.2. The Labute approximate surface area is 113 Å². The zero-order valence-electron chi connectivity index (χ0n) is 10.9. The van der Waals surface area contributed by atoms with Crippen LogP contribution in [-0.2, 0) is 11.2 Å². The van der Waals surface area contributed by atoms with Crippen molar-refractivity contribution in [2.75, 3.05) is 0 Å². The molecule has 0 bridgehead atoms. The SMILES string of the molecule is CC(Cc1ccsc1)NC(=O)C1CCCCC1N. The predicted octanol–water partition coefficient (Wildman–Crippen LogP) is 2.31. The van der Waals surface area contributed by atoms with Gasteiger partial charge in [0.05, 0.1) is 5.92 Å². The molecule has 3 N–H and O–H groups in total. The highest BCUT2D eigenvalue weighted by Gasteiger charge is 2.28. The second-order valence-electron chi connectivity index (χ2n) is 5.30. The predicted molar refractivity (Wildman–Crippen MR) is 75.6 cm³/mol. The minimum absolute atomic E-state index is 0.0173. The van der Waals surface area contributed by atoms with Gasteiger partial charge in [-0.2, -0.15) is 11.3 Å². The van der Waals surface area contributed by atoms with E-state index in [1.54, 1.807) is 11.3 Å². The molecule has 1 fully saturated rings. The fourth-order valence-electron chi connectivity index (χ4n) is 2.65. The van der Waals surface area contributed by atoms with Crippen LogP contribution < -0.4 is 11.1 Å². The third-order valence-corrected chi connectivity index (χ3v) is 4.40. The Kier molecular flexibility index (Phi) is 4.78. The van der Waals surface area contributed by atoms with E-state index >= 15 is 0 Å². The lowest BCUT2D eigenvalue weighted by Gasteiger charge is -2.28. The van der Waals surface area contributed by atoms with E-state index in [4.69, 9.17) is 5.73 Å². The number of hydrogen-bond donors (Lipinski definition) is 2. The molecular formula is C14H22N2OS. The maximum absolute atomic E-state index is 12.2. The summed E-state index contributed by atoms with van der Waals surface area (Å²) in [5.41, 5.74) is 7.32. The topological polar surface area (TPSA) is 55.1 Å². The van der Waals surface area contributed by atoms with Gasteiger partial charge in [0.1, 0.15) is 0 Å². The first-order valence-corrected chi connectivity index (χ1v) is 7.68. The number of carbonyl (C=O) groups is 1. The Hall–Kier alpha value is -0.870. The van der Waals surface area contributed by atoms with Gasteiger partial charge in [-0.3, -0.25) is 4.79 Å². The molecule has 1 amide bonds. The molecule has 0 aromatic carbocycles. The lowest BCUT2D eigenvalue weighted by molar-refractivity contribution is -0.127. The molecule has 0 radical (unpaired) electrons. The molecular weight excluding hydrogens is 244 g/mol. The van der Waals surface area contributed by atoms with Crippen LogP contribution in [-0.4, -0.2) is 18.0 Å². The fourth-order valence-corrected chi connectivity index (χ4v) is 3.33. The molecule has 1 aliphatic carbocycles. The molecule has 0 spiro atoms. The van der Waals surface area contributed by atoms with Gasteiger partial charge in [-0.1, -0.05) is 12.8 Å². The molecule has 3 atom stereocenters. The van der Waals surface area contributed by atoms with Gasteiger partial charge < -0.3 is 11.1 Å². The first-order valence-electron chi connectivity index (χ1n) is 6.74. The Morgan fingerprint density at radius 3 is 3.00 bits per heavy atom. The van der Waals surface area contributed by atoms with Crippen LogP contribution in [0.4, 0.5) is 0 Å². The van der Waals surface area contributed by atoms with Crippen LogP contribution in [0.5, 0.6) is 0 Å². The van der Waals surface area contributed by atoms with Crippen molar-refractivity contribution in [1.82, 2.24) is 5.32 Å². The van der Waals surface area contributed by atoms with Crippen molar-refractivity contribution < 1.29 is 4.79 Å². The third kappa shape index (κ3) is 3.56. The van der Waals surface area contributed by atoms with Crippen LogP contribution >= 0.6 is 11.3 Å². The van der Waals surface area contributed by atoms with Gasteiger partial charge in [-0.15, -0.1) is 0 Å². The minimum atomic E-state index is 0.0173. The largest absolute Gasteiger partial charge is 0.353 e. The Bertz CT molecular complexity index is 377. The maximum atomic E-state index is 12.2. The Balaban J connectivity index is 1.82. The maximum Gasteiger partial charge on any atom is 0.224 e. The van der Waals surface area contributed by atoms with Crippen molar-refractivity contribution in [3.8, 4) is 0 Å². The molecule has 1 aromatic heterocycles. The summed E-state index contributed by atoms with van der Waals surface area (Å²) in [5, 5.41) is 7.31. The van der Waals surface area contributed by atoms with E-state index in [1.165, 1.54) is 5.56 Å². The van der Waals surface area contributed by atoms with Gasteiger partial charge in [0, 0.05) is 12.1 Å². The molecule has 100 valence electrons. The number of amides is 1. The molecule has 3 nitrogen and oxygen atoms in total.